The second-order valence-electron chi connectivity index (χ2n) is 3.55. The smallest absolute Gasteiger partial charge is 0.387 e. The van der Waals surface area contributed by atoms with Crippen molar-refractivity contribution in [3.8, 4) is 5.75 Å². The van der Waals surface area contributed by atoms with E-state index in [1.807, 2.05) is 0 Å². The molecule has 2 rings (SSSR count). The molecule has 1 saturated heterocycles. The van der Waals surface area contributed by atoms with Crippen molar-refractivity contribution in [3.05, 3.63) is 28.2 Å². The van der Waals surface area contributed by atoms with E-state index in [0.29, 0.717) is 21.0 Å². The highest BCUT2D eigenvalue weighted by molar-refractivity contribution is 9.10. The number of alkyl halides is 2. The number of carbonyl (C=O) groups excluding carboxylic acids is 1. The summed E-state index contributed by atoms with van der Waals surface area (Å²) in [5, 5.41) is 10.6. The van der Waals surface area contributed by atoms with E-state index in [1.54, 1.807) is 12.1 Å². The molecule has 0 aliphatic carbocycles. The Hall–Kier alpha value is -1.48. The topological polar surface area (TPSA) is 63.0 Å². The first-order chi connectivity index (χ1) is 9.54. The molecular weight excluding hydrogens is 356 g/mol. The maximum Gasteiger partial charge on any atom is 0.387 e. The van der Waals surface area contributed by atoms with E-state index in [-0.39, 0.29) is 11.7 Å². The number of hydrogen-bond acceptors (Lipinski definition) is 5. The van der Waals surface area contributed by atoms with Crippen molar-refractivity contribution in [2.24, 2.45) is 10.2 Å². The number of rotatable bonds is 4. The summed E-state index contributed by atoms with van der Waals surface area (Å²) in [6, 6.07) is 4.53. The van der Waals surface area contributed by atoms with E-state index in [2.05, 4.69) is 36.2 Å². The van der Waals surface area contributed by atoms with Gasteiger partial charge in [-0.05, 0) is 39.7 Å². The molecule has 9 heteroatoms. The van der Waals surface area contributed by atoms with Crippen LogP contribution in [0.2, 0.25) is 0 Å². The molecule has 1 aromatic rings. The molecule has 0 bridgehead atoms. The van der Waals surface area contributed by atoms with E-state index in [1.165, 1.54) is 24.0 Å². The Kier molecular flexibility index (Phi) is 5.07. The molecule has 1 fully saturated rings. The Balaban J connectivity index is 2.03. The van der Waals surface area contributed by atoms with Gasteiger partial charge in [0.25, 0.3) is 0 Å². The lowest BCUT2D eigenvalue weighted by Gasteiger charge is -2.06. The van der Waals surface area contributed by atoms with Crippen LogP contribution in [0.3, 0.4) is 0 Å². The molecule has 20 heavy (non-hydrogen) atoms. The Morgan fingerprint density at radius 1 is 1.50 bits per heavy atom. The normalized spacial score (nSPS) is 17.2. The average Bonchev–Trinajstić information content (AvgIpc) is 2.78. The van der Waals surface area contributed by atoms with Crippen molar-refractivity contribution in [2.45, 2.75) is 6.61 Å². The number of carbonyl (C=O) groups is 1. The predicted molar refractivity (Wildman–Crippen MR) is 76.4 cm³/mol. The quantitative estimate of drug-likeness (QED) is 0.660. The van der Waals surface area contributed by atoms with E-state index in [4.69, 9.17) is 0 Å². The van der Waals surface area contributed by atoms with Crippen LogP contribution in [0.5, 0.6) is 5.75 Å². The van der Waals surface area contributed by atoms with Crippen molar-refractivity contribution in [1.82, 2.24) is 5.32 Å². The minimum atomic E-state index is -2.87. The number of thioether (sulfide) groups is 1. The zero-order valence-electron chi connectivity index (χ0n) is 9.85. The van der Waals surface area contributed by atoms with Crippen LogP contribution in [0.15, 0.2) is 32.9 Å². The van der Waals surface area contributed by atoms with Crippen molar-refractivity contribution in [2.75, 3.05) is 5.75 Å². The summed E-state index contributed by atoms with van der Waals surface area (Å²) < 4.78 is 28.8. The molecule has 1 heterocycles. The summed E-state index contributed by atoms with van der Waals surface area (Å²) in [6.07, 6.45) is 1.44. The van der Waals surface area contributed by atoms with Crippen molar-refractivity contribution < 1.29 is 18.3 Å². The zero-order chi connectivity index (χ0) is 14.5. The molecule has 1 N–H and O–H groups in total. The van der Waals surface area contributed by atoms with Gasteiger partial charge in [-0.2, -0.15) is 13.9 Å². The summed E-state index contributed by atoms with van der Waals surface area (Å²) in [5.74, 6) is 0.266. The van der Waals surface area contributed by atoms with Crippen LogP contribution in [0.1, 0.15) is 5.56 Å². The molecule has 1 amide bonds. The third-order valence-corrected chi connectivity index (χ3v) is 3.60. The Bertz CT molecular complexity index is 581. The van der Waals surface area contributed by atoms with Crippen LogP contribution in [-0.2, 0) is 4.79 Å². The molecule has 1 aliphatic heterocycles. The standard InChI is InChI=1S/C11H8BrF2N3O2S/c12-7-3-6(1-2-8(7)19-10(13)14)4-15-17-11-16-9(18)5-20-11/h1-4,10H,5H2,(H,16,17,18). The summed E-state index contributed by atoms with van der Waals surface area (Å²) in [7, 11) is 0. The first-order valence-electron chi connectivity index (χ1n) is 5.32. The van der Waals surface area contributed by atoms with Gasteiger partial charge in [0.2, 0.25) is 5.91 Å². The van der Waals surface area contributed by atoms with Gasteiger partial charge in [-0.3, -0.25) is 4.79 Å². The van der Waals surface area contributed by atoms with Crippen LogP contribution >= 0.6 is 27.7 Å². The number of nitrogens with zero attached hydrogens (tertiary/aromatic N) is 2. The Labute approximate surface area is 125 Å². The van der Waals surface area contributed by atoms with Gasteiger partial charge in [0.05, 0.1) is 16.4 Å². The fraction of sp³-hybridized carbons (Fsp3) is 0.182. The molecule has 0 saturated carbocycles. The van der Waals surface area contributed by atoms with Crippen LogP contribution in [0.4, 0.5) is 8.78 Å². The fourth-order valence-corrected chi connectivity index (χ4v) is 2.44. The Morgan fingerprint density at radius 2 is 2.30 bits per heavy atom. The first kappa shape index (κ1) is 14.9. The number of ether oxygens (including phenoxy) is 1. The van der Waals surface area contributed by atoms with Crippen LogP contribution in [0, 0.1) is 0 Å². The predicted octanol–water partition coefficient (Wildman–Crippen LogP) is 2.60. The van der Waals surface area contributed by atoms with Gasteiger partial charge < -0.3 is 10.1 Å². The van der Waals surface area contributed by atoms with E-state index >= 15 is 0 Å². The number of amidine groups is 1. The highest BCUT2D eigenvalue weighted by Crippen LogP contribution is 2.26. The maximum atomic E-state index is 12.1. The van der Waals surface area contributed by atoms with Crippen molar-refractivity contribution >= 4 is 45.0 Å². The minimum Gasteiger partial charge on any atom is -0.434 e. The van der Waals surface area contributed by atoms with Crippen molar-refractivity contribution in [1.29, 1.82) is 0 Å². The van der Waals surface area contributed by atoms with E-state index in [9.17, 15) is 13.6 Å². The molecule has 0 radical (unpaired) electrons. The summed E-state index contributed by atoms with van der Waals surface area (Å²) >= 11 is 4.39. The Morgan fingerprint density at radius 3 is 2.90 bits per heavy atom. The fourth-order valence-electron chi connectivity index (χ4n) is 1.32. The third-order valence-electron chi connectivity index (χ3n) is 2.11. The molecule has 0 aromatic heterocycles. The number of amides is 1. The van der Waals surface area contributed by atoms with E-state index in [0.717, 1.165) is 0 Å². The van der Waals surface area contributed by atoms with Gasteiger partial charge >= 0.3 is 6.61 Å². The highest BCUT2D eigenvalue weighted by atomic mass is 79.9. The largest absolute Gasteiger partial charge is 0.434 e. The second-order valence-corrected chi connectivity index (χ2v) is 5.37. The van der Waals surface area contributed by atoms with Gasteiger partial charge in [0.1, 0.15) is 5.75 Å². The van der Waals surface area contributed by atoms with Crippen LogP contribution in [0.25, 0.3) is 0 Å². The molecule has 0 atom stereocenters. The first-order valence-corrected chi connectivity index (χ1v) is 7.10. The molecule has 106 valence electrons. The molecule has 5 nitrogen and oxygen atoms in total. The molecular formula is C11H8BrF2N3O2S. The maximum absolute atomic E-state index is 12.1. The van der Waals surface area contributed by atoms with Gasteiger partial charge in [-0.25, -0.2) is 0 Å². The highest BCUT2D eigenvalue weighted by Gasteiger charge is 2.15. The third kappa shape index (κ3) is 4.27. The SMILES string of the molecule is O=C1CSC(=NN=Cc2ccc(OC(F)F)c(Br)c2)N1. The average molecular weight is 364 g/mol. The lowest BCUT2D eigenvalue weighted by Crippen LogP contribution is -2.19. The van der Waals surface area contributed by atoms with Gasteiger partial charge in [0, 0.05) is 0 Å². The molecule has 0 spiro atoms. The van der Waals surface area contributed by atoms with Gasteiger partial charge in [0.15, 0.2) is 5.17 Å². The second kappa shape index (κ2) is 6.80. The summed E-state index contributed by atoms with van der Waals surface area (Å²) in [4.78, 5) is 10.9. The molecule has 1 aliphatic rings. The van der Waals surface area contributed by atoms with E-state index < -0.39 is 6.61 Å². The number of halogens is 3. The zero-order valence-corrected chi connectivity index (χ0v) is 12.2. The number of nitrogens with one attached hydrogen (secondary N) is 1. The molecule has 1 aromatic carbocycles. The summed E-state index contributed by atoms with van der Waals surface area (Å²) in [6.45, 7) is -2.87. The van der Waals surface area contributed by atoms with Crippen molar-refractivity contribution in [3.63, 3.8) is 0 Å². The minimum absolute atomic E-state index is 0.0436. The number of benzene rings is 1. The monoisotopic (exact) mass is 363 g/mol. The number of hydrogen-bond donors (Lipinski definition) is 1. The van der Waals surface area contributed by atoms with Gasteiger partial charge in [-0.15, -0.1) is 5.10 Å². The lowest BCUT2D eigenvalue weighted by atomic mass is 10.2. The van der Waals surface area contributed by atoms with Crippen LogP contribution in [-0.4, -0.2) is 29.7 Å². The van der Waals surface area contributed by atoms with Crippen LogP contribution < -0.4 is 10.1 Å². The summed E-state index contributed by atoms with van der Waals surface area (Å²) in [5.41, 5.74) is 0.650. The molecule has 0 unspecified atom stereocenters. The lowest BCUT2D eigenvalue weighted by molar-refractivity contribution is -0.116. The van der Waals surface area contributed by atoms with Gasteiger partial charge in [-0.1, -0.05) is 11.8 Å².